The van der Waals surface area contributed by atoms with Gasteiger partial charge in [0.1, 0.15) is 29.2 Å². The molecule has 0 spiro atoms. The molecule has 0 aliphatic rings. The molecule has 0 aromatic heterocycles. The van der Waals surface area contributed by atoms with E-state index in [2.05, 4.69) is 17.6 Å². The minimum atomic E-state index is -1.06. The summed E-state index contributed by atoms with van der Waals surface area (Å²) in [4.78, 5) is 43.0. The third kappa shape index (κ3) is 12.9. The molecule has 2 rings (SSSR count). The number of unbranched alkanes of at least 4 members (excludes halogenated alkanes) is 5. The normalized spacial score (nSPS) is 13.4. The molecule has 244 valence electrons. The van der Waals surface area contributed by atoms with Gasteiger partial charge in [0.05, 0.1) is 0 Å². The average Bonchev–Trinajstić information content (AvgIpc) is 2.93. The van der Waals surface area contributed by atoms with Crippen LogP contribution in [0.5, 0.6) is 11.5 Å². The highest BCUT2D eigenvalue weighted by Crippen LogP contribution is 2.27. The Morgan fingerprint density at radius 2 is 1.52 bits per heavy atom. The van der Waals surface area contributed by atoms with Crippen molar-refractivity contribution in [3.8, 4) is 11.5 Å². The monoisotopic (exact) mass is 611 g/mol. The highest BCUT2D eigenvalue weighted by atomic mass is 16.6. The SMILES string of the molecule is CCCCCCCCN(C(=O)C(Cc1ccc(O)cc1)NC(=O)OC(C)(C)C)C(C(=O)NC(C)CCC)c1cccc(O)c1. The Labute approximate surface area is 263 Å². The number of nitrogens with zero attached hydrogens (tertiary/aromatic N) is 1. The predicted octanol–water partition coefficient (Wildman–Crippen LogP) is 6.77. The fourth-order valence-corrected chi connectivity index (χ4v) is 5.14. The first kappa shape index (κ1) is 36.4. The number of carbonyl (C=O) groups excluding carboxylic acids is 3. The zero-order valence-corrected chi connectivity index (χ0v) is 27.4. The van der Waals surface area contributed by atoms with E-state index in [0.717, 1.165) is 44.9 Å². The van der Waals surface area contributed by atoms with Crippen LogP contribution >= 0.6 is 0 Å². The van der Waals surface area contributed by atoms with Crippen LogP contribution in [-0.4, -0.2) is 57.3 Å². The molecule has 44 heavy (non-hydrogen) atoms. The molecule has 9 nitrogen and oxygen atoms in total. The lowest BCUT2D eigenvalue weighted by Crippen LogP contribution is -2.54. The van der Waals surface area contributed by atoms with Crippen molar-refractivity contribution in [3.05, 3.63) is 59.7 Å². The molecular formula is C35H53N3O6. The molecule has 0 aliphatic carbocycles. The van der Waals surface area contributed by atoms with Gasteiger partial charge < -0.3 is 30.5 Å². The zero-order valence-electron chi connectivity index (χ0n) is 27.4. The van der Waals surface area contributed by atoms with Gasteiger partial charge in [-0.1, -0.05) is 76.6 Å². The van der Waals surface area contributed by atoms with Crippen LogP contribution < -0.4 is 10.6 Å². The van der Waals surface area contributed by atoms with Crippen molar-refractivity contribution >= 4 is 17.9 Å². The number of alkyl carbamates (subject to hydrolysis) is 1. The second kappa shape index (κ2) is 18.1. The first-order valence-corrected chi connectivity index (χ1v) is 16.0. The summed E-state index contributed by atoms with van der Waals surface area (Å²) in [5.41, 5.74) is 0.409. The lowest BCUT2D eigenvalue weighted by atomic mass is 9.99. The molecule has 3 amide bonds. The predicted molar refractivity (Wildman–Crippen MR) is 173 cm³/mol. The number of carbonyl (C=O) groups is 3. The van der Waals surface area contributed by atoms with Gasteiger partial charge in [-0.3, -0.25) is 9.59 Å². The number of nitrogens with one attached hydrogen (secondary N) is 2. The number of benzene rings is 2. The molecule has 2 aromatic carbocycles. The van der Waals surface area contributed by atoms with Crippen molar-refractivity contribution in [3.63, 3.8) is 0 Å². The van der Waals surface area contributed by atoms with Gasteiger partial charge >= 0.3 is 6.09 Å². The number of hydrogen-bond donors (Lipinski definition) is 4. The molecular weight excluding hydrogens is 558 g/mol. The summed E-state index contributed by atoms with van der Waals surface area (Å²) in [6, 6.07) is 10.6. The van der Waals surface area contributed by atoms with Gasteiger partial charge in [-0.05, 0) is 75.9 Å². The van der Waals surface area contributed by atoms with E-state index in [1.165, 1.54) is 29.2 Å². The van der Waals surface area contributed by atoms with Gasteiger partial charge in [-0.15, -0.1) is 0 Å². The zero-order chi connectivity index (χ0) is 32.7. The van der Waals surface area contributed by atoms with Gasteiger partial charge in [0.15, 0.2) is 0 Å². The number of phenolic OH excluding ortho intramolecular Hbond substituents is 2. The number of rotatable bonds is 17. The highest BCUT2D eigenvalue weighted by molar-refractivity contribution is 5.92. The third-order valence-electron chi connectivity index (χ3n) is 7.26. The topological polar surface area (TPSA) is 128 Å². The Kier molecular flexibility index (Phi) is 15.0. The first-order chi connectivity index (χ1) is 20.8. The summed E-state index contributed by atoms with van der Waals surface area (Å²) < 4.78 is 5.51. The van der Waals surface area contributed by atoms with E-state index in [1.807, 2.05) is 13.8 Å². The lowest BCUT2D eigenvalue weighted by Gasteiger charge is -2.35. The van der Waals surface area contributed by atoms with Gasteiger partial charge in [0, 0.05) is 19.0 Å². The van der Waals surface area contributed by atoms with Crippen LogP contribution in [0, 0.1) is 0 Å². The minimum absolute atomic E-state index is 0.0126. The van der Waals surface area contributed by atoms with E-state index in [9.17, 15) is 24.6 Å². The maximum Gasteiger partial charge on any atom is 0.408 e. The Balaban J connectivity index is 2.55. The molecule has 0 bridgehead atoms. The number of amides is 3. The Hall–Kier alpha value is -3.75. The highest BCUT2D eigenvalue weighted by Gasteiger charge is 2.36. The lowest BCUT2D eigenvalue weighted by molar-refractivity contribution is -0.142. The summed E-state index contributed by atoms with van der Waals surface area (Å²) >= 11 is 0. The Bertz CT molecular complexity index is 1180. The van der Waals surface area contributed by atoms with Gasteiger partial charge in [-0.2, -0.15) is 0 Å². The third-order valence-corrected chi connectivity index (χ3v) is 7.26. The molecule has 0 saturated carbocycles. The number of aromatic hydroxyl groups is 2. The quantitative estimate of drug-likeness (QED) is 0.146. The number of phenols is 2. The largest absolute Gasteiger partial charge is 0.508 e. The Morgan fingerprint density at radius 1 is 0.864 bits per heavy atom. The van der Waals surface area contributed by atoms with Crippen molar-refractivity contribution < 1.29 is 29.3 Å². The van der Waals surface area contributed by atoms with Crippen LogP contribution in [0.25, 0.3) is 0 Å². The van der Waals surface area contributed by atoms with E-state index in [0.29, 0.717) is 17.5 Å². The molecule has 3 atom stereocenters. The summed E-state index contributed by atoms with van der Waals surface area (Å²) in [6.07, 6.45) is 6.94. The standard InChI is InChI=1S/C35H53N3O6/c1-7-9-10-11-12-13-22-38(31(27-16-14-17-29(40)24-27)32(41)36-25(3)15-8-2)33(42)30(37-34(43)44-35(4,5)6)23-26-18-20-28(39)21-19-26/h14,16-21,24-25,30-31,39-40H,7-13,15,22-23H2,1-6H3,(H,36,41)(H,37,43). The van der Waals surface area contributed by atoms with Crippen LogP contribution in [0.1, 0.15) is 110 Å². The van der Waals surface area contributed by atoms with Gasteiger partial charge in [-0.25, -0.2) is 4.79 Å². The van der Waals surface area contributed by atoms with Gasteiger partial charge in [0.2, 0.25) is 11.8 Å². The van der Waals surface area contributed by atoms with E-state index in [4.69, 9.17) is 4.74 Å². The maximum absolute atomic E-state index is 14.6. The van der Waals surface area contributed by atoms with E-state index in [-0.39, 0.29) is 36.4 Å². The molecule has 2 aromatic rings. The van der Waals surface area contributed by atoms with Crippen molar-refractivity contribution in [2.24, 2.45) is 0 Å². The molecule has 4 N–H and O–H groups in total. The van der Waals surface area contributed by atoms with E-state index >= 15 is 0 Å². The number of ether oxygens (including phenoxy) is 1. The van der Waals surface area contributed by atoms with Crippen molar-refractivity contribution in [2.75, 3.05) is 6.54 Å². The molecule has 0 fully saturated rings. The molecule has 0 aliphatic heterocycles. The molecule has 3 unspecified atom stereocenters. The maximum atomic E-state index is 14.6. The summed E-state index contributed by atoms with van der Waals surface area (Å²) in [5, 5.41) is 26.0. The molecule has 0 saturated heterocycles. The second-order valence-corrected chi connectivity index (χ2v) is 12.6. The molecule has 9 heteroatoms. The minimum Gasteiger partial charge on any atom is -0.508 e. The fraction of sp³-hybridized carbons (Fsp3) is 0.571. The van der Waals surface area contributed by atoms with Crippen LogP contribution in [0.15, 0.2) is 48.5 Å². The van der Waals surface area contributed by atoms with Crippen molar-refractivity contribution in [1.29, 1.82) is 0 Å². The van der Waals surface area contributed by atoms with Crippen LogP contribution in [0.4, 0.5) is 4.79 Å². The van der Waals surface area contributed by atoms with Crippen molar-refractivity contribution in [2.45, 2.75) is 123 Å². The fourth-order valence-electron chi connectivity index (χ4n) is 5.14. The van der Waals surface area contributed by atoms with Crippen LogP contribution in [0.3, 0.4) is 0 Å². The number of hydrogen-bond acceptors (Lipinski definition) is 6. The summed E-state index contributed by atoms with van der Waals surface area (Å²) in [7, 11) is 0. The summed E-state index contributed by atoms with van der Waals surface area (Å²) in [5.74, 6) is -0.717. The van der Waals surface area contributed by atoms with E-state index in [1.54, 1.807) is 45.0 Å². The van der Waals surface area contributed by atoms with E-state index < -0.39 is 29.7 Å². The smallest absolute Gasteiger partial charge is 0.408 e. The van der Waals surface area contributed by atoms with Crippen LogP contribution in [-0.2, 0) is 20.7 Å². The second-order valence-electron chi connectivity index (χ2n) is 12.6. The molecule has 0 heterocycles. The van der Waals surface area contributed by atoms with Crippen molar-refractivity contribution in [1.82, 2.24) is 15.5 Å². The molecule has 0 radical (unpaired) electrons. The average molecular weight is 612 g/mol. The Morgan fingerprint density at radius 3 is 2.14 bits per heavy atom. The van der Waals surface area contributed by atoms with Crippen LogP contribution in [0.2, 0.25) is 0 Å². The summed E-state index contributed by atoms with van der Waals surface area (Å²) in [6.45, 7) is 11.6. The first-order valence-electron chi connectivity index (χ1n) is 16.0. The van der Waals surface area contributed by atoms with Gasteiger partial charge in [0.25, 0.3) is 0 Å².